The van der Waals surface area contributed by atoms with E-state index in [1.807, 2.05) is 0 Å². The number of benzene rings is 1. The van der Waals surface area contributed by atoms with Gasteiger partial charge >= 0.3 is 6.18 Å². The monoisotopic (exact) mass is 356 g/mol. The van der Waals surface area contributed by atoms with Crippen molar-refractivity contribution in [2.45, 2.75) is 38.5 Å². The molecule has 1 aromatic carbocycles. The fraction of sp³-hybridized carbons (Fsp3) is 0.438. The molecule has 1 aromatic heterocycles. The van der Waals surface area contributed by atoms with Gasteiger partial charge in [0, 0.05) is 13.0 Å². The Bertz CT molecular complexity index is 772. The molecule has 5 nitrogen and oxygen atoms in total. The van der Waals surface area contributed by atoms with Gasteiger partial charge < -0.3 is 9.88 Å². The van der Waals surface area contributed by atoms with E-state index >= 15 is 0 Å². The molecule has 0 fully saturated rings. The van der Waals surface area contributed by atoms with Crippen LogP contribution in [-0.2, 0) is 30.7 Å². The topological polar surface area (TPSA) is 59.8 Å². The van der Waals surface area contributed by atoms with E-state index in [1.54, 1.807) is 10.6 Å². The van der Waals surface area contributed by atoms with Crippen LogP contribution in [0.2, 0.25) is 0 Å². The molecule has 1 aliphatic heterocycles. The number of fused-ring (bicyclic) bond motifs is 1. The molecule has 0 bridgehead atoms. The number of aromatic nitrogens is 3. The third kappa shape index (κ3) is 4.15. The molecule has 1 atom stereocenters. The summed E-state index contributed by atoms with van der Waals surface area (Å²) in [6.45, 7) is 0.236. The summed E-state index contributed by atoms with van der Waals surface area (Å²) < 4.78 is 53.1. The van der Waals surface area contributed by atoms with Crippen molar-refractivity contribution >= 4 is 5.91 Å². The van der Waals surface area contributed by atoms with E-state index in [-0.39, 0.29) is 44.1 Å². The van der Waals surface area contributed by atoms with E-state index in [9.17, 15) is 22.4 Å². The molecule has 0 aliphatic carbocycles. The zero-order valence-electron chi connectivity index (χ0n) is 13.2. The second-order valence-electron chi connectivity index (χ2n) is 6.00. The van der Waals surface area contributed by atoms with Gasteiger partial charge in [0.2, 0.25) is 5.91 Å². The van der Waals surface area contributed by atoms with Gasteiger partial charge in [0.1, 0.15) is 11.6 Å². The maximum atomic E-state index is 13.1. The number of nitrogens with one attached hydrogen (secondary N) is 1. The lowest BCUT2D eigenvalue weighted by atomic mass is 9.97. The molecule has 1 aliphatic rings. The van der Waals surface area contributed by atoms with Crippen molar-refractivity contribution in [3.05, 3.63) is 47.3 Å². The molecule has 0 spiro atoms. The first kappa shape index (κ1) is 17.4. The van der Waals surface area contributed by atoms with Gasteiger partial charge in [0.15, 0.2) is 5.82 Å². The summed E-state index contributed by atoms with van der Waals surface area (Å²) in [5.74, 6) is -1.45. The quantitative estimate of drug-likeness (QED) is 0.856. The molecular formula is C16H16F4N4O. The van der Waals surface area contributed by atoms with E-state index in [1.165, 1.54) is 18.2 Å². The van der Waals surface area contributed by atoms with Gasteiger partial charge in [-0.3, -0.25) is 4.79 Å². The highest BCUT2D eigenvalue weighted by Crippen LogP contribution is 2.34. The summed E-state index contributed by atoms with van der Waals surface area (Å²) >= 11 is 0. The second kappa shape index (κ2) is 6.81. The molecule has 1 N–H and O–H groups in total. The lowest BCUT2D eigenvalue weighted by molar-refractivity contribution is -0.179. The lowest BCUT2D eigenvalue weighted by Gasteiger charge is -2.25. The average Bonchev–Trinajstić information content (AvgIpc) is 2.94. The highest BCUT2D eigenvalue weighted by molar-refractivity contribution is 5.78. The van der Waals surface area contributed by atoms with E-state index in [0.717, 1.165) is 0 Å². The molecule has 0 radical (unpaired) electrons. The van der Waals surface area contributed by atoms with Crippen LogP contribution < -0.4 is 5.32 Å². The SMILES string of the molecule is O=C(Cc1cccc(F)c1)NCc1nnc2n1CC[C@@H](C(F)(F)F)C2. The van der Waals surface area contributed by atoms with E-state index in [4.69, 9.17) is 0 Å². The van der Waals surface area contributed by atoms with Gasteiger partial charge in [-0.1, -0.05) is 12.1 Å². The average molecular weight is 356 g/mol. The summed E-state index contributed by atoms with van der Waals surface area (Å²) in [7, 11) is 0. The maximum Gasteiger partial charge on any atom is 0.392 e. The number of amides is 1. The molecule has 0 saturated carbocycles. The van der Waals surface area contributed by atoms with E-state index < -0.39 is 17.9 Å². The van der Waals surface area contributed by atoms with Gasteiger partial charge in [0.05, 0.1) is 18.9 Å². The normalized spacial score (nSPS) is 17.2. The molecule has 2 heterocycles. The first-order chi connectivity index (χ1) is 11.8. The van der Waals surface area contributed by atoms with Crippen LogP contribution in [0.15, 0.2) is 24.3 Å². The summed E-state index contributed by atoms with van der Waals surface area (Å²) in [4.78, 5) is 11.9. The third-order valence-electron chi connectivity index (χ3n) is 4.19. The Hall–Kier alpha value is -2.45. The largest absolute Gasteiger partial charge is 0.392 e. The molecule has 2 aromatic rings. The van der Waals surface area contributed by atoms with Crippen molar-refractivity contribution in [3.8, 4) is 0 Å². The Balaban J connectivity index is 1.58. The molecule has 25 heavy (non-hydrogen) atoms. The van der Waals surface area contributed by atoms with Crippen molar-refractivity contribution < 1.29 is 22.4 Å². The summed E-state index contributed by atoms with van der Waals surface area (Å²) in [6.07, 6.45) is -4.46. The standard InChI is InChI=1S/C16H16F4N4O/c17-12-3-1-2-10(6-12)7-15(25)21-9-14-23-22-13-8-11(16(18,19)20)4-5-24(13)14/h1-3,6,11H,4-5,7-9H2,(H,21,25)/t11-/m1/s1. The Morgan fingerprint density at radius 1 is 1.32 bits per heavy atom. The van der Waals surface area contributed by atoms with Crippen molar-refractivity contribution in [1.82, 2.24) is 20.1 Å². The Labute approximate surface area is 141 Å². The number of hydrogen-bond acceptors (Lipinski definition) is 3. The highest BCUT2D eigenvalue weighted by atomic mass is 19.4. The number of carbonyl (C=O) groups is 1. The maximum absolute atomic E-state index is 13.1. The molecule has 134 valence electrons. The molecule has 1 amide bonds. The summed E-state index contributed by atoms with van der Waals surface area (Å²) in [5, 5.41) is 10.3. The smallest absolute Gasteiger partial charge is 0.349 e. The summed E-state index contributed by atoms with van der Waals surface area (Å²) in [6, 6.07) is 5.72. The Morgan fingerprint density at radius 3 is 2.84 bits per heavy atom. The number of nitrogens with zero attached hydrogens (tertiary/aromatic N) is 3. The predicted molar refractivity (Wildman–Crippen MR) is 79.8 cm³/mol. The van der Waals surface area contributed by atoms with Crippen LogP contribution in [0.4, 0.5) is 17.6 Å². The first-order valence-corrected chi connectivity index (χ1v) is 7.82. The second-order valence-corrected chi connectivity index (χ2v) is 6.00. The van der Waals surface area contributed by atoms with E-state index in [2.05, 4.69) is 15.5 Å². The van der Waals surface area contributed by atoms with Gasteiger partial charge in [-0.05, 0) is 24.1 Å². The van der Waals surface area contributed by atoms with Crippen molar-refractivity contribution in [2.75, 3.05) is 0 Å². The van der Waals surface area contributed by atoms with Crippen molar-refractivity contribution in [2.24, 2.45) is 5.92 Å². The third-order valence-corrected chi connectivity index (χ3v) is 4.19. The minimum absolute atomic E-state index is 0.00883. The van der Waals surface area contributed by atoms with Crippen LogP contribution in [-0.4, -0.2) is 26.8 Å². The molecular weight excluding hydrogens is 340 g/mol. The van der Waals surface area contributed by atoms with Gasteiger partial charge in [0.25, 0.3) is 0 Å². The molecule has 3 rings (SSSR count). The van der Waals surface area contributed by atoms with Crippen LogP contribution in [0.5, 0.6) is 0 Å². The predicted octanol–water partition coefficient (Wildman–Crippen LogP) is 2.40. The van der Waals surface area contributed by atoms with Crippen molar-refractivity contribution in [3.63, 3.8) is 0 Å². The van der Waals surface area contributed by atoms with Gasteiger partial charge in [-0.25, -0.2) is 4.39 Å². The number of alkyl halides is 3. The fourth-order valence-corrected chi connectivity index (χ4v) is 2.87. The number of rotatable bonds is 4. The molecule has 9 heteroatoms. The zero-order chi connectivity index (χ0) is 18.0. The summed E-state index contributed by atoms with van der Waals surface area (Å²) in [5.41, 5.74) is 0.536. The fourth-order valence-electron chi connectivity index (χ4n) is 2.87. The Kier molecular flexibility index (Phi) is 4.73. The van der Waals surface area contributed by atoms with Gasteiger partial charge in [-0.2, -0.15) is 13.2 Å². The number of carbonyl (C=O) groups excluding carboxylic acids is 1. The van der Waals surface area contributed by atoms with Crippen LogP contribution in [0, 0.1) is 11.7 Å². The van der Waals surface area contributed by atoms with Gasteiger partial charge in [-0.15, -0.1) is 10.2 Å². The van der Waals surface area contributed by atoms with E-state index in [0.29, 0.717) is 11.4 Å². The van der Waals surface area contributed by atoms with Crippen LogP contribution >= 0.6 is 0 Å². The van der Waals surface area contributed by atoms with Crippen molar-refractivity contribution in [1.29, 1.82) is 0 Å². The van der Waals surface area contributed by atoms with Crippen LogP contribution in [0.25, 0.3) is 0 Å². The number of hydrogen-bond donors (Lipinski definition) is 1. The van der Waals surface area contributed by atoms with Crippen LogP contribution in [0.1, 0.15) is 23.6 Å². The minimum Gasteiger partial charge on any atom is -0.349 e. The highest BCUT2D eigenvalue weighted by Gasteiger charge is 2.42. The first-order valence-electron chi connectivity index (χ1n) is 7.82. The molecule has 0 unspecified atom stereocenters. The minimum atomic E-state index is -4.24. The lowest BCUT2D eigenvalue weighted by Crippen LogP contribution is -2.32. The zero-order valence-corrected chi connectivity index (χ0v) is 13.2. The number of halogens is 4. The van der Waals surface area contributed by atoms with Crippen LogP contribution in [0.3, 0.4) is 0 Å². The molecule has 0 saturated heterocycles. The Morgan fingerprint density at radius 2 is 2.12 bits per heavy atom.